The zero-order valence-corrected chi connectivity index (χ0v) is 18.9. The van der Waals surface area contributed by atoms with E-state index in [1.165, 1.54) is 5.56 Å². The Morgan fingerprint density at radius 1 is 1.12 bits per heavy atom. The van der Waals surface area contributed by atoms with Crippen LogP contribution >= 0.6 is 0 Å². The van der Waals surface area contributed by atoms with Crippen molar-refractivity contribution in [2.24, 2.45) is 0 Å². The van der Waals surface area contributed by atoms with Gasteiger partial charge in [0.15, 0.2) is 5.78 Å². The third kappa shape index (κ3) is 3.35. The Morgan fingerprint density at radius 2 is 1.94 bits per heavy atom. The van der Waals surface area contributed by atoms with Gasteiger partial charge in [0.1, 0.15) is 11.9 Å². The monoisotopic (exact) mass is 425 g/mol. The first-order chi connectivity index (χ1) is 15.5. The van der Waals surface area contributed by atoms with Gasteiger partial charge in [-0.1, -0.05) is 30.3 Å². The van der Waals surface area contributed by atoms with E-state index in [0.717, 1.165) is 56.1 Å². The molecule has 2 heterocycles. The van der Waals surface area contributed by atoms with Crippen LogP contribution in [0.4, 0.5) is 0 Å². The van der Waals surface area contributed by atoms with Gasteiger partial charge >= 0.3 is 0 Å². The second kappa shape index (κ2) is 8.03. The minimum absolute atomic E-state index is 0.00245. The Morgan fingerprint density at radius 3 is 2.72 bits per heavy atom. The molecular formula is C28H27NO3. The summed E-state index contributed by atoms with van der Waals surface area (Å²) in [5, 5.41) is 3.29. The molecule has 0 N–H and O–H groups in total. The second-order valence-corrected chi connectivity index (χ2v) is 8.78. The normalized spacial score (nSPS) is 14.0. The number of Topliss-reactive ketones (excluding diaryl/α,β-unsaturated/α-hetero) is 1. The number of rotatable bonds is 5. The average molecular weight is 426 g/mol. The molecule has 4 aromatic rings. The maximum atomic E-state index is 12.8. The van der Waals surface area contributed by atoms with Gasteiger partial charge in [-0.15, -0.1) is 0 Å². The molecule has 3 aromatic carbocycles. The van der Waals surface area contributed by atoms with Crippen molar-refractivity contribution >= 4 is 27.5 Å². The van der Waals surface area contributed by atoms with Crippen LogP contribution in [0.1, 0.15) is 43.6 Å². The molecule has 32 heavy (non-hydrogen) atoms. The van der Waals surface area contributed by atoms with E-state index in [1.807, 2.05) is 38.2 Å². The molecule has 0 bridgehead atoms. The van der Waals surface area contributed by atoms with E-state index in [4.69, 9.17) is 14.5 Å². The lowest BCUT2D eigenvalue weighted by Gasteiger charge is -2.26. The van der Waals surface area contributed by atoms with Crippen LogP contribution < -0.4 is 4.74 Å². The predicted molar refractivity (Wildman–Crippen MR) is 128 cm³/mol. The first-order valence-corrected chi connectivity index (χ1v) is 11.2. The second-order valence-electron chi connectivity index (χ2n) is 8.78. The van der Waals surface area contributed by atoms with E-state index in [9.17, 15) is 4.79 Å². The van der Waals surface area contributed by atoms with Crippen LogP contribution in [0.25, 0.3) is 32.8 Å². The van der Waals surface area contributed by atoms with Gasteiger partial charge < -0.3 is 9.47 Å². The highest BCUT2D eigenvalue weighted by Gasteiger charge is 2.28. The summed E-state index contributed by atoms with van der Waals surface area (Å²) in [7, 11) is 0. The first-order valence-electron chi connectivity index (χ1n) is 11.2. The maximum absolute atomic E-state index is 12.8. The Kier molecular flexibility index (Phi) is 5.18. The molecule has 0 radical (unpaired) electrons. The summed E-state index contributed by atoms with van der Waals surface area (Å²) in [5.74, 6) is 0.871. The third-order valence-corrected chi connectivity index (χ3v) is 6.17. The zero-order valence-electron chi connectivity index (χ0n) is 18.9. The Bertz CT molecular complexity index is 1350. The van der Waals surface area contributed by atoms with Gasteiger partial charge in [0.25, 0.3) is 0 Å². The van der Waals surface area contributed by atoms with E-state index in [0.29, 0.717) is 6.61 Å². The van der Waals surface area contributed by atoms with E-state index < -0.39 is 6.10 Å². The van der Waals surface area contributed by atoms with Crippen molar-refractivity contribution in [3.8, 4) is 16.9 Å². The molecule has 0 aliphatic carbocycles. The van der Waals surface area contributed by atoms with Gasteiger partial charge in [0.05, 0.1) is 18.2 Å². The number of carbonyl (C=O) groups is 1. The smallest absolute Gasteiger partial charge is 0.163 e. The molecule has 4 heteroatoms. The molecule has 0 saturated carbocycles. The summed E-state index contributed by atoms with van der Waals surface area (Å²) in [5.41, 5.74) is 6.13. The maximum Gasteiger partial charge on any atom is 0.163 e. The average Bonchev–Trinajstić information content (AvgIpc) is 2.77. The fourth-order valence-corrected chi connectivity index (χ4v) is 4.87. The fourth-order valence-electron chi connectivity index (χ4n) is 4.87. The Hall–Kier alpha value is -3.24. The molecule has 1 aromatic heterocycles. The lowest BCUT2D eigenvalue weighted by Crippen LogP contribution is -2.19. The van der Waals surface area contributed by atoms with Crippen LogP contribution in [0.3, 0.4) is 0 Å². The van der Waals surface area contributed by atoms with E-state index >= 15 is 0 Å². The topological polar surface area (TPSA) is 48.4 Å². The minimum Gasteiger partial charge on any atom is -0.493 e. The number of ether oxygens (including phenoxy) is 2. The van der Waals surface area contributed by atoms with Gasteiger partial charge in [-0.3, -0.25) is 9.78 Å². The summed E-state index contributed by atoms with van der Waals surface area (Å²) in [4.78, 5) is 17.6. The molecule has 5 rings (SSSR count). The highest BCUT2D eigenvalue weighted by molar-refractivity contribution is 6.09. The van der Waals surface area contributed by atoms with Crippen molar-refractivity contribution in [2.75, 3.05) is 6.61 Å². The van der Waals surface area contributed by atoms with Gasteiger partial charge in [0, 0.05) is 23.6 Å². The minimum atomic E-state index is -0.642. The number of benzene rings is 3. The summed E-state index contributed by atoms with van der Waals surface area (Å²) >= 11 is 0. The molecule has 1 aliphatic rings. The van der Waals surface area contributed by atoms with Crippen LogP contribution in [-0.2, 0) is 16.0 Å². The van der Waals surface area contributed by atoms with Crippen molar-refractivity contribution in [1.82, 2.24) is 4.98 Å². The summed E-state index contributed by atoms with van der Waals surface area (Å²) in [6, 6.07) is 16.7. The van der Waals surface area contributed by atoms with Crippen molar-refractivity contribution in [3.05, 3.63) is 71.4 Å². The summed E-state index contributed by atoms with van der Waals surface area (Å²) in [6.07, 6.45) is 2.02. The van der Waals surface area contributed by atoms with Crippen LogP contribution in [0.15, 0.2) is 54.7 Å². The highest BCUT2D eigenvalue weighted by Crippen LogP contribution is 2.44. The number of hydrogen-bond acceptors (Lipinski definition) is 4. The predicted octanol–water partition coefficient (Wildman–Crippen LogP) is 6.35. The molecule has 0 saturated heterocycles. The quantitative estimate of drug-likeness (QED) is 0.374. The number of aromatic nitrogens is 1. The molecule has 1 aliphatic heterocycles. The van der Waals surface area contributed by atoms with Crippen LogP contribution in [0, 0.1) is 6.92 Å². The molecule has 162 valence electrons. The summed E-state index contributed by atoms with van der Waals surface area (Å²) in [6.45, 7) is 8.28. The molecule has 1 unspecified atom stereocenters. The van der Waals surface area contributed by atoms with Gasteiger partial charge in [-0.2, -0.15) is 0 Å². The number of aryl methyl sites for hydroxylation is 1. The number of pyridine rings is 1. The Labute approximate surface area is 188 Å². The van der Waals surface area contributed by atoms with Crippen molar-refractivity contribution in [3.63, 3.8) is 0 Å². The number of nitrogens with zero attached hydrogens (tertiary/aromatic N) is 1. The molecule has 0 fully saturated rings. The van der Waals surface area contributed by atoms with E-state index in [-0.39, 0.29) is 11.9 Å². The Balaban J connectivity index is 1.91. The lowest BCUT2D eigenvalue weighted by atomic mass is 9.85. The molecule has 1 atom stereocenters. The number of hydrogen-bond donors (Lipinski definition) is 0. The fraction of sp³-hybridized carbons (Fsp3) is 0.286. The zero-order chi connectivity index (χ0) is 22.4. The van der Waals surface area contributed by atoms with Crippen LogP contribution in [0.5, 0.6) is 5.75 Å². The molecule has 4 nitrogen and oxygen atoms in total. The SMILES string of the molecule is CC(=O)C(OC(C)C)c1c(C)cc2ccccc2c1-c1ccc2c3c(ccnc13)CCO2. The first kappa shape index (κ1) is 20.7. The van der Waals surface area contributed by atoms with E-state index in [1.54, 1.807) is 6.92 Å². The standard InChI is InChI=1S/C28H27NO3/c1-16(2)32-28(18(4)30)24-17(3)15-20-7-5-6-8-21(20)26(24)22-9-10-23-25-19(12-14-31-23)11-13-29-27(22)25/h5-11,13,15-16,28H,12,14H2,1-4H3. The molecular weight excluding hydrogens is 398 g/mol. The van der Waals surface area contributed by atoms with E-state index in [2.05, 4.69) is 37.3 Å². The highest BCUT2D eigenvalue weighted by atomic mass is 16.5. The lowest BCUT2D eigenvalue weighted by molar-refractivity contribution is -0.131. The van der Waals surface area contributed by atoms with Gasteiger partial charge in [-0.05, 0) is 78.9 Å². The van der Waals surface area contributed by atoms with Gasteiger partial charge in [0.2, 0.25) is 0 Å². The summed E-state index contributed by atoms with van der Waals surface area (Å²) < 4.78 is 12.1. The largest absolute Gasteiger partial charge is 0.493 e. The number of carbonyl (C=O) groups excluding carboxylic acids is 1. The van der Waals surface area contributed by atoms with Gasteiger partial charge in [-0.25, -0.2) is 0 Å². The van der Waals surface area contributed by atoms with Crippen molar-refractivity contribution < 1.29 is 14.3 Å². The van der Waals surface area contributed by atoms with Crippen LogP contribution in [0.2, 0.25) is 0 Å². The van der Waals surface area contributed by atoms with Crippen molar-refractivity contribution in [1.29, 1.82) is 0 Å². The number of fused-ring (bicyclic) bond motifs is 1. The van der Waals surface area contributed by atoms with Crippen LogP contribution in [-0.4, -0.2) is 23.5 Å². The molecule has 0 amide bonds. The third-order valence-electron chi connectivity index (χ3n) is 6.17. The van der Waals surface area contributed by atoms with Crippen molar-refractivity contribution in [2.45, 2.75) is 46.3 Å². The number of ketones is 1. The molecule has 0 spiro atoms.